The number of anilines is 3. The van der Waals surface area contributed by atoms with Crippen LogP contribution < -0.4 is 20.9 Å². The molecule has 1 aliphatic rings. The Bertz CT molecular complexity index is 1800. The number of aromatic nitrogens is 2. The van der Waals surface area contributed by atoms with Gasteiger partial charge in [0.15, 0.2) is 0 Å². The SMILES string of the molecule is CN(CCS(C)(=O)=O)c1cc2c(cc1C(=O)N[C@H]1CC[C@H](C(F)(F)F)CC1)nc(Nc1c(Cl)ccc(CNC(=O)C(C)(C)C)c1Cl)n2C. The summed E-state index contributed by atoms with van der Waals surface area (Å²) in [4.78, 5) is 32.4. The van der Waals surface area contributed by atoms with Crippen molar-refractivity contribution in [1.82, 2.24) is 20.2 Å². The maximum atomic E-state index is 13.6. The molecule has 1 aromatic heterocycles. The van der Waals surface area contributed by atoms with Crippen LogP contribution in [0.3, 0.4) is 0 Å². The van der Waals surface area contributed by atoms with Crippen LogP contribution in [0.15, 0.2) is 24.3 Å². The molecule has 0 unspecified atom stereocenters. The number of hydrogen-bond acceptors (Lipinski definition) is 7. The van der Waals surface area contributed by atoms with E-state index in [1.807, 2.05) is 0 Å². The highest BCUT2D eigenvalue weighted by atomic mass is 35.5. The third kappa shape index (κ3) is 9.06. The molecular weight excluding hydrogens is 692 g/mol. The second kappa shape index (κ2) is 14.3. The average molecular weight is 734 g/mol. The summed E-state index contributed by atoms with van der Waals surface area (Å²) < 4.78 is 65.2. The predicted octanol–water partition coefficient (Wildman–Crippen LogP) is 6.62. The highest BCUT2D eigenvalue weighted by Crippen LogP contribution is 2.39. The summed E-state index contributed by atoms with van der Waals surface area (Å²) >= 11 is 13.3. The number of sulfone groups is 1. The molecule has 10 nitrogen and oxygen atoms in total. The fourth-order valence-electron chi connectivity index (χ4n) is 5.49. The maximum absolute atomic E-state index is 13.6. The van der Waals surface area contributed by atoms with Crippen LogP contribution in [0.5, 0.6) is 0 Å². The molecule has 0 aliphatic heterocycles. The molecular formula is C32H41Cl2F3N6O4S. The van der Waals surface area contributed by atoms with Crippen molar-refractivity contribution in [1.29, 1.82) is 0 Å². The van der Waals surface area contributed by atoms with Gasteiger partial charge in [-0.1, -0.05) is 50.0 Å². The van der Waals surface area contributed by atoms with Crippen molar-refractivity contribution in [3.63, 3.8) is 0 Å². The molecule has 4 rings (SSSR count). The van der Waals surface area contributed by atoms with Crippen molar-refractivity contribution in [3.05, 3.63) is 45.4 Å². The Hall–Kier alpha value is -3.23. The van der Waals surface area contributed by atoms with E-state index in [2.05, 4.69) is 20.9 Å². The highest BCUT2D eigenvalue weighted by molar-refractivity contribution is 7.90. The van der Waals surface area contributed by atoms with Crippen molar-refractivity contribution in [3.8, 4) is 0 Å². The summed E-state index contributed by atoms with van der Waals surface area (Å²) in [7, 11) is 0.0859. The number of carbonyl (C=O) groups excluding carboxylic acids is 2. The van der Waals surface area contributed by atoms with Gasteiger partial charge in [0, 0.05) is 44.9 Å². The van der Waals surface area contributed by atoms with Crippen molar-refractivity contribution in [2.45, 2.75) is 65.2 Å². The number of imidazole rings is 1. The van der Waals surface area contributed by atoms with E-state index in [1.165, 1.54) is 0 Å². The summed E-state index contributed by atoms with van der Waals surface area (Å²) in [5.41, 5.74) is 2.04. The van der Waals surface area contributed by atoms with Crippen molar-refractivity contribution < 1.29 is 31.2 Å². The first-order valence-corrected chi connectivity index (χ1v) is 18.3. The molecule has 0 atom stereocenters. The van der Waals surface area contributed by atoms with Crippen LogP contribution >= 0.6 is 23.2 Å². The Balaban J connectivity index is 1.66. The topological polar surface area (TPSA) is 125 Å². The van der Waals surface area contributed by atoms with E-state index in [4.69, 9.17) is 23.2 Å². The van der Waals surface area contributed by atoms with Gasteiger partial charge in [0.1, 0.15) is 9.84 Å². The molecule has 3 aromatic rings. The number of aryl methyl sites for hydroxylation is 1. The van der Waals surface area contributed by atoms with E-state index in [0.717, 1.165) is 6.26 Å². The van der Waals surface area contributed by atoms with Gasteiger partial charge in [-0.15, -0.1) is 0 Å². The van der Waals surface area contributed by atoms with Gasteiger partial charge in [-0.05, 0) is 49.4 Å². The van der Waals surface area contributed by atoms with Crippen LogP contribution in [0, 0.1) is 11.3 Å². The van der Waals surface area contributed by atoms with E-state index < -0.39 is 39.3 Å². The molecule has 1 heterocycles. The second-order valence-electron chi connectivity index (χ2n) is 13.4. The van der Waals surface area contributed by atoms with E-state index >= 15 is 0 Å². The molecule has 0 spiro atoms. The number of rotatable bonds is 10. The first-order chi connectivity index (χ1) is 22.2. The first kappa shape index (κ1) is 37.6. The van der Waals surface area contributed by atoms with Crippen LogP contribution in [0.2, 0.25) is 10.0 Å². The Kier molecular flexibility index (Phi) is 11.2. The largest absolute Gasteiger partial charge is 0.391 e. The number of fused-ring (bicyclic) bond motifs is 1. The van der Waals surface area contributed by atoms with Crippen LogP contribution in [0.25, 0.3) is 11.0 Å². The molecule has 0 saturated heterocycles. The molecule has 48 heavy (non-hydrogen) atoms. The third-order valence-corrected chi connectivity index (χ3v) is 10.2. The molecule has 264 valence electrons. The van der Waals surface area contributed by atoms with Crippen LogP contribution in [-0.2, 0) is 28.2 Å². The van der Waals surface area contributed by atoms with Crippen LogP contribution in [-0.4, -0.2) is 67.6 Å². The lowest BCUT2D eigenvalue weighted by Gasteiger charge is -2.30. The minimum Gasteiger partial charge on any atom is -0.373 e. The molecule has 0 radical (unpaired) electrons. The number of nitrogens with zero attached hydrogens (tertiary/aromatic N) is 3. The summed E-state index contributed by atoms with van der Waals surface area (Å²) in [5.74, 6) is -1.86. The fraction of sp³-hybridized carbons (Fsp3) is 0.531. The Morgan fingerprint density at radius 1 is 1.08 bits per heavy atom. The van der Waals surface area contributed by atoms with Gasteiger partial charge in [0.05, 0.1) is 49.7 Å². The van der Waals surface area contributed by atoms with Crippen molar-refractivity contribution in [2.75, 3.05) is 35.8 Å². The Morgan fingerprint density at radius 2 is 1.73 bits per heavy atom. The van der Waals surface area contributed by atoms with Gasteiger partial charge in [-0.25, -0.2) is 13.4 Å². The molecule has 2 amide bonds. The molecule has 1 saturated carbocycles. The minimum atomic E-state index is -4.27. The number of benzene rings is 2. The second-order valence-corrected chi connectivity index (χ2v) is 16.5. The normalized spacial score (nSPS) is 17.3. The fourth-order valence-corrected chi connectivity index (χ4v) is 6.62. The predicted molar refractivity (Wildman–Crippen MR) is 184 cm³/mol. The monoisotopic (exact) mass is 732 g/mol. The molecule has 1 fully saturated rings. The lowest BCUT2D eigenvalue weighted by molar-refractivity contribution is -0.182. The van der Waals surface area contributed by atoms with Gasteiger partial charge >= 0.3 is 6.18 Å². The average Bonchev–Trinajstić information content (AvgIpc) is 3.29. The standard InChI is InChI=1S/C32H41Cl2F3N6O4S/c1-31(2,3)29(45)38-17-18-7-12-22(33)27(26(18)34)41-30-40-23-15-21(28(44)39-20-10-8-19(9-11-20)32(35,36)37)24(16-25(23)43(30)5)42(4)13-14-48(6,46)47/h7,12,15-16,19-20H,8-11,13-14,17H2,1-6H3,(H,38,45)(H,39,44)(H,40,41)/t19-,20-. The van der Waals surface area contributed by atoms with E-state index in [0.29, 0.717) is 38.9 Å². The van der Waals surface area contributed by atoms with E-state index in [1.54, 1.807) is 68.6 Å². The Morgan fingerprint density at radius 3 is 2.31 bits per heavy atom. The van der Waals surface area contributed by atoms with Gasteiger partial charge in [0.2, 0.25) is 11.9 Å². The lowest BCUT2D eigenvalue weighted by atomic mass is 9.85. The van der Waals surface area contributed by atoms with Crippen LogP contribution in [0.4, 0.5) is 30.5 Å². The van der Waals surface area contributed by atoms with E-state index in [9.17, 15) is 31.2 Å². The molecule has 0 bridgehead atoms. The summed E-state index contributed by atoms with van der Waals surface area (Å²) in [6.45, 7) is 5.67. The number of alkyl halides is 3. The maximum Gasteiger partial charge on any atom is 0.391 e. The van der Waals surface area contributed by atoms with Crippen LogP contribution in [0.1, 0.15) is 62.4 Å². The van der Waals surface area contributed by atoms with Gasteiger partial charge in [-0.3, -0.25) is 9.59 Å². The lowest BCUT2D eigenvalue weighted by Crippen LogP contribution is -2.40. The van der Waals surface area contributed by atoms with Gasteiger partial charge in [0.25, 0.3) is 5.91 Å². The third-order valence-electron chi connectivity index (χ3n) is 8.51. The Labute approximate surface area is 288 Å². The number of nitrogens with one attached hydrogen (secondary N) is 3. The zero-order chi connectivity index (χ0) is 35.8. The quantitative estimate of drug-likeness (QED) is 0.214. The number of carbonyl (C=O) groups is 2. The zero-order valence-electron chi connectivity index (χ0n) is 27.7. The molecule has 16 heteroatoms. The summed E-state index contributed by atoms with van der Waals surface area (Å²) in [6.07, 6.45) is -2.90. The number of halogens is 5. The molecule has 1 aliphatic carbocycles. The summed E-state index contributed by atoms with van der Waals surface area (Å²) in [6, 6.07) is 6.22. The minimum absolute atomic E-state index is 0.0703. The number of hydrogen-bond donors (Lipinski definition) is 3. The van der Waals surface area contributed by atoms with Gasteiger partial charge < -0.3 is 25.4 Å². The molecule has 2 aromatic carbocycles. The summed E-state index contributed by atoms with van der Waals surface area (Å²) in [5, 5.41) is 9.51. The number of amides is 2. The van der Waals surface area contributed by atoms with E-state index in [-0.39, 0.29) is 61.0 Å². The van der Waals surface area contributed by atoms with Crippen molar-refractivity contribution >= 4 is 73.2 Å². The van der Waals surface area contributed by atoms with Crippen molar-refractivity contribution in [2.24, 2.45) is 18.4 Å². The van der Waals surface area contributed by atoms with Gasteiger partial charge in [-0.2, -0.15) is 13.2 Å². The molecule has 3 N–H and O–H groups in total. The highest BCUT2D eigenvalue weighted by Gasteiger charge is 2.41. The first-order valence-electron chi connectivity index (χ1n) is 15.4. The zero-order valence-corrected chi connectivity index (χ0v) is 30.0. The smallest absolute Gasteiger partial charge is 0.373 e.